The first-order chi connectivity index (χ1) is 5.29. The third kappa shape index (κ3) is 2.22. The number of hydrogen-bond donors (Lipinski definition) is 0. The van der Waals surface area contributed by atoms with E-state index in [0.29, 0.717) is 12.2 Å². The van der Waals surface area contributed by atoms with Crippen LogP contribution >= 0.6 is 0 Å². The molecule has 1 saturated heterocycles. The van der Waals surface area contributed by atoms with Crippen molar-refractivity contribution in [3.63, 3.8) is 0 Å². The van der Waals surface area contributed by atoms with E-state index in [0.717, 1.165) is 6.42 Å². The van der Waals surface area contributed by atoms with Crippen LogP contribution in [0.4, 0.5) is 0 Å². The molecule has 1 fully saturated rings. The molecule has 1 aliphatic heterocycles. The number of epoxide rings is 1. The largest absolute Gasteiger partial charge is 0.496 e. The van der Waals surface area contributed by atoms with Crippen LogP contribution in [-0.2, 0) is 9.47 Å². The molecule has 1 aliphatic rings. The van der Waals surface area contributed by atoms with Crippen LogP contribution in [0.25, 0.3) is 0 Å². The Hall–Kier alpha value is -0.500. The first-order valence-corrected chi connectivity index (χ1v) is 4.21. The van der Waals surface area contributed by atoms with Gasteiger partial charge in [-0.15, -0.1) is 0 Å². The maximum Gasteiger partial charge on any atom is 0.124 e. The topological polar surface area (TPSA) is 21.8 Å². The molecule has 3 atom stereocenters. The lowest BCUT2D eigenvalue weighted by Crippen LogP contribution is -2.14. The highest BCUT2D eigenvalue weighted by molar-refractivity contribution is 4.89. The van der Waals surface area contributed by atoms with E-state index in [1.807, 2.05) is 19.9 Å². The second-order valence-electron chi connectivity index (χ2n) is 2.86. The van der Waals surface area contributed by atoms with Crippen molar-refractivity contribution in [1.82, 2.24) is 0 Å². The van der Waals surface area contributed by atoms with Crippen LogP contribution in [0.2, 0.25) is 0 Å². The summed E-state index contributed by atoms with van der Waals surface area (Å²) in [5.41, 5.74) is 0. The fourth-order valence-electron chi connectivity index (χ4n) is 1.18. The highest BCUT2D eigenvalue weighted by Gasteiger charge is 2.42. The Morgan fingerprint density at radius 2 is 2.36 bits per heavy atom. The molecule has 0 aromatic rings. The Labute approximate surface area is 68.2 Å². The zero-order chi connectivity index (χ0) is 8.27. The van der Waals surface area contributed by atoms with Crippen molar-refractivity contribution in [2.45, 2.75) is 45.5 Å². The van der Waals surface area contributed by atoms with E-state index in [1.54, 1.807) is 6.26 Å². The van der Waals surface area contributed by atoms with Gasteiger partial charge in [-0.05, 0) is 20.3 Å². The van der Waals surface area contributed by atoms with E-state index >= 15 is 0 Å². The van der Waals surface area contributed by atoms with Crippen molar-refractivity contribution in [3.05, 3.63) is 12.3 Å². The fourth-order valence-corrected chi connectivity index (χ4v) is 1.18. The number of hydrogen-bond acceptors (Lipinski definition) is 2. The summed E-state index contributed by atoms with van der Waals surface area (Å²) in [6, 6.07) is 0. The minimum absolute atomic E-state index is 0.205. The molecule has 0 spiro atoms. The van der Waals surface area contributed by atoms with E-state index in [9.17, 15) is 0 Å². The highest BCUT2D eigenvalue weighted by atomic mass is 16.6. The van der Waals surface area contributed by atoms with Crippen LogP contribution in [0.3, 0.4) is 0 Å². The summed E-state index contributed by atoms with van der Waals surface area (Å²) in [7, 11) is 0. The number of rotatable bonds is 4. The standard InChI is InChI=1S/C9H16O2/c1-4-6-10-7(3)9-8(5-2)11-9/h4,6-9H,5H2,1-3H3. The van der Waals surface area contributed by atoms with E-state index in [2.05, 4.69) is 6.92 Å². The molecule has 0 aliphatic carbocycles. The van der Waals surface area contributed by atoms with E-state index in [4.69, 9.17) is 9.47 Å². The van der Waals surface area contributed by atoms with Crippen molar-refractivity contribution in [3.8, 4) is 0 Å². The average Bonchev–Trinajstić information content (AvgIpc) is 2.78. The third-order valence-corrected chi connectivity index (χ3v) is 1.92. The Morgan fingerprint density at radius 3 is 2.82 bits per heavy atom. The van der Waals surface area contributed by atoms with Gasteiger partial charge in [0.25, 0.3) is 0 Å². The molecule has 64 valence electrons. The molecule has 0 aromatic heterocycles. The van der Waals surface area contributed by atoms with E-state index in [1.165, 1.54) is 0 Å². The molecule has 0 amide bonds. The Kier molecular flexibility index (Phi) is 2.94. The van der Waals surface area contributed by atoms with Crippen LogP contribution in [0.1, 0.15) is 27.2 Å². The van der Waals surface area contributed by atoms with Gasteiger partial charge in [0, 0.05) is 0 Å². The van der Waals surface area contributed by atoms with Gasteiger partial charge in [-0.2, -0.15) is 0 Å². The first-order valence-electron chi connectivity index (χ1n) is 4.21. The molecular formula is C9H16O2. The summed E-state index contributed by atoms with van der Waals surface area (Å²) in [4.78, 5) is 0. The predicted octanol–water partition coefficient (Wildman–Crippen LogP) is 2.10. The molecule has 2 heteroatoms. The minimum atomic E-state index is 0.205. The van der Waals surface area contributed by atoms with Crippen LogP contribution in [-0.4, -0.2) is 18.3 Å². The van der Waals surface area contributed by atoms with Crippen molar-refractivity contribution in [2.24, 2.45) is 0 Å². The smallest absolute Gasteiger partial charge is 0.124 e. The summed E-state index contributed by atoms with van der Waals surface area (Å²) >= 11 is 0. The second-order valence-corrected chi connectivity index (χ2v) is 2.86. The Morgan fingerprint density at radius 1 is 1.64 bits per heavy atom. The lowest BCUT2D eigenvalue weighted by molar-refractivity contribution is 0.127. The van der Waals surface area contributed by atoms with Gasteiger partial charge in [0.2, 0.25) is 0 Å². The van der Waals surface area contributed by atoms with Crippen LogP contribution < -0.4 is 0 Å². The normalized spacial score (nSPS) is 32.3. The molecule has 11 heavy (non-hydrogen) atoms. The number of allylic oxidation sites excluding steroid dienone is 1. The van der Waals surface area contributed by atoms with Crippen LogP contribution in [0.5, 0.6) is 0 Å². The zero-order valence-corrected chi connectivity index (χ0v) is 7.41. The van der Waals surface area contributed by atoms with Gasteiger partial charge in [-0.1, -0.05) is 13.0 Å². The molecule has 0 bridgehead atoms. The summed E-state index contributed by atoms with van der Waals surface area (Å²) in [6.07, 6.45) is 5.68. The van der Waals surface area contributed by atoms with E-state index in [-0.39, 0.29) is 6.10 Å². The summed E-state index contributed by atoms with van der Waals surface area (Å²) < 4.78 is 10.7. The molecule has 3 unspecified atom stereocenters. The molecule has 0 saturated carbocycles. The molecule has 1 heterocycles. The minimum Gasteiger partial charge on any atom is -0.496 e. The fraction of sp³-hybridized carbons (Fsp3) is 0.778. The molecule has 0 N–H and O–H groups in total. The van der Waals surface area contributed by atoms with Gasteiger partial charge < -0.3 is 9.47 Å². The van der Waals surface area contributed by atoms with Gasteiger partial charge in [0.05, 0.1) is 12.4 Å². The maximum atomic E-state index is 5.37. The molecular weight excluding hydrogens is 140 g/mol. The molecule has 0 aromatic carbocycles. The lowest BCUT2D eigenvalue weighted by Gasteiger charge is -2.06. The van der Waals surface area contributed by atoms with Crippen molar-refractivity contribution < 1.29 is 9.47 Å². The van der Waals surface area contributed by atoms with Gasteiger partial charge >= 0.3 is 0 Å². The Balaban J connectivity index is 2.17. The summed E-state index contributed by atoms with van der Waals surface area (Å²) in [6.45, 7) is 6.12. The van der Waals surface area contributed by atoms with E-state index < -0.39 is 0 Å². The van der Waals surface area contributed by atoms with Gasteiger partial charge in [0.1, 0.15) is 12.2 Å². The predicted molar refractivity (Wildman–Crippen MR) is 44.3 cm³/mol. The molecule has 2 nitrogen and oxygen atoms in total. The monoisotopic (exact) mass is 156 g/mol. The first kappa shape index (κ1) is 8.60. The maximum absolute atomic E-state index is 5.37. The average molecular weight is 156 g/mol. The molecule has 0 radical (unpaired) electrons. The SMILES string of the molecule is CC=COC(C)C1OC1CC. The zero-order valence-electron chi connectivity index (χ0n) is 7.41. The summed E-state index contributed by atoms with van der Waals surface area (Å²) in [5.74, 6) is 0. The number of ether oxygens (including phenoxy) is 2. The highest BCUT2D eigenvalue weighted by Crippen LogP contribution is 2.29. The third-order valence-electron chi connectivity index (χ3n) is 1.92. The van der Waals surface area contributed by atoms with Gasteiger partial charge in [0.15, 0.2) is 0 Å². The van der Waals surface area contributed by atoms with Crippen molar-refractivity contribution in [1.29, 1.82) is 0 Å². The lowest BCUT2D eigenvalue weighted by atomic mass is 10.2. The van der Waals surface area contributed by atoms with Crippen molar-refractivity contribution >= 4 is 0 Å². The Bertz CT molecular complexity index is 142. The van der Waals surface area contributed by atoms with Crippen molar-refractivity contribution in [2.75, 3.05) is 0 Å². The van der Waals surface area contributed by atoms with Gasteiger partial charge in [-0.25, -0.2) is 0 Å². The van der Waals surface area contributed by atoms with Crippen LogP contribution in [0.15, 0.2) is 12.3 Å². The van der Waals surface area contributed by atoms with Crippen LogP contribution in [0, 0.1) is 0 Å². The second kappa shape index (κ2) is 3.77. The van der Waals surface area contributed by atoms with Gasteiger partial charge in [-0.3, -0.25) is 0 Å². The molecule has 1 rings (SSSR count). The quantitative estimate of drug-likeness (QED) is 0.459. The summed E-state index contributed by atoms with van der Waals surface area (Å²) in [5, 5.41) is 0.